The molecule has 0 atom stereocenters. The maximum Gasteiger partial charge on any atom is 0.257 e. The molecular weight excluding hydrogens is 436 g/mol. The average molecular weight is 459 g/mol. The van der Waals surface area contributed by atoms with Gasteiger partial charge in [0.25, 0.3) is 5.91 Å². The highest BCUT2D eigenvalue weighted by Gasteiger charge is 2.18. The summed E-state index contributed by atoms with van der Waals surface area (Å²) in [5.74, 6) is -0.460. The largest absolute Gasteiger partial charge is 0.352 e. The SMILES string of the molecule is CC(=O)NCc1ccc(-c2csc(NC(=O)c3ccc(S(=O)(=O)N(C)C)cc3)n2)cc1. The number of carbonyl (C=O) groups excluding carboxylic acids is 2. The van der Waals surface area contributed by atoms with Gasteiger partial charge < -0.3 is 5.32 Å². The van der Waals surface area contributed by atoms with E-state index in [0.29, 0.717) is 17.2 Å². The van der Waals surface area contributed by atoms with Gasteiger partial charge in [-0.1, -0.05) is 24.3 Å². The van der Waals surface area contributed by atoms with Crippen LogP contribution in [0.25, 0.3) is 11.3 Å². The molecule has 0 aliphatic carbocycles. The number of hydrogen-bond donors (Lipinski definition) is 2. The molecule has 1 heterocycles. The van der Waals surface area contributed by atoms with Crippen molar-refractivity contribution in [2.45, 2.75) is 18.4 Å². The first kappa shape index (κ1) is 22.6. The van der Waals surface area contributed by atoms with Crippen molar-refractivity contribution in [3.05, 3.63) is 65.0 Å². The summed E-state index contributed by atoms with van der Waals surface area (Å²) in [5, 5.41) is 7.75. The highest BCUT2D eigenvalue weighted by atomic mass is 32.2. The zero-order chi connectivity index (χ0) is 22.6. The van der Waals surface area contributed by atoms with Gasteiger partial charge >= 0.3 is 0 Å². The van der Waals surface area contributed by atoms with E-state index in [1.807, 2.05) is 29.6 Å². The van der Waals surface area contributed by atoms with Crippen molar-refractivity contribution in [3.8, 4) is 11.3 Å². The molecule has 0 fully saturated rings. The standard InChI is InChI=1S/C21H22N4O4S2/c1-14(26)22-12-15-4-6-16(7-5-15)19-13-30-21(23-19)24-20(27)17-8-10-18(11-9-17)31(28,29)25(2)3/h4-11,13H,12H2,1-3H3,(H,22,26)(H,23,24,27). The first-order chi connectivity index (χ1) is 14.7. The molecular formula is C21H22N4O4S2. The summed E-state index contributed by atoms with van der Waals surface area (Å²) in [5.41, 5.74) is 2.92. The van der Waals surface area contributed by atoms with Crippen molar-refractivity contribution in [3.63, 3.8) is 0 Å². The van der Waals surface area contributed by atoms with Gasteiger partial charge in [0.2, 0.25) is 15.9 Å². The number of nitrogens with one attached hydrogen (secondary N) is 2. The Labute approximate surface area is 185 Å². The van der Waals surface area contributed by atoms with Crippen LogP contribution in [0.15, 0.2) is 58.8 Å². The lowest BCUT2D eigenvalue weighted by Crippen LogP contribution is -2.22. The highest BCUT2D eigenvalue weighted by molar-refractivity contribution is 7.89. The second kappa shape index (κ2) is 9.38. The molecule has 0 aliphatic heterocycles. The first-order valence-electron chi connectivity index (χ1n) is 9.30. The van der Waals surface area contributed by atoms with Crippen LogP contribution in [-0.2, 0) is 21.4 Å². The zero-order valence-corrected chi connectivity index (χ0v) is 18.9. The molecule has 2 N–H and O–H groups in total. The Balaban J connectivity index is 1.67. The molecule has 0 unspecified atom stereocenters. The number of nitrogens with zero attached hydrogens (tertiary/aromatic N) is 2. The average Bonchev–Trinajstić information content (AvgIpc) is 3.21. The summed E-state index contributed by atoms with van der Waals surface area (Å²) in [6.45, 7) is 1.93. The van der Waals surface area contributed by atoms with E-state index in [1.165, 1.54) is 56.6 Å². The van der Waals surface area contributed by atoms with Gasteiger partial charge in [-0.3, -0.25) is 14.9 Å². The van der Waals surface area contributed by atoms with E-state index in [9.17, 15) is 18.0 Å². The fraction of sp³-hybridized carbons (Fsp3) is 0.190. The molecule has 0 aliphatic rings. The lowest BCUT2D eigenvalue weighted by molar-refractivity contribution is -0.119. The number of thiazole rings is 1. The molecule has 8 nitrogen and oxygen atoms in total. The number of amides is 2. The van der Waals surface area contributed by atoms with Gasteiger partial charge in [-0.05, 0) is 29.8 Å². The number of benzene rings is 2. The molecule has 0 saturated carbocycles. The predicted molar refractivity (Wildman–Crippen MR) is 120 cm³/mol. The Morgan fingerprint density at radius 3 is 2.26 bits per heavy atom. The lowest BCUT2D eigenvalue weighted by atomic mass is 10.1. The van der Waals surface area contributed by atoms with Crippen molar-refractivity contribution in [1.29, 1.82) is 0 Å². The number of hydrogen-bond acceptors (Lipinski definition) is 6. The summed E-state index contributed by atoms with van der Waals surface area (Å²) >= 11 is 1.29. The van der Waals surface area contributed by atoms with E-state index in [1.54, 1.807) is 0 Å². The quantitative estimate of drug-likeness (QED) is 0.566. The molecule has 10 heteroatoms. The van der Waals surface area contributed by atoms with Gasteiger partial charge in [-0.25, -0.2) is 17.7 Å². The molecule has 0 radical (unpaired) electrons. The van der Waals surface area contributed by atoms with E-state index in [-0.39, 0.29) is 16.7 Å². The van der Waals surface area contributed by atoms with Gasteiger partial charge in [0.15, 0.2) is 5.13 Å². The lowest BCUT2D eigenvalue weighted by Gasteiger charge is -2.11. The molecule has 3 rings (SSSR count). The minimum Gasteiger partial charge on any atom is -0.352 e. The number of anilines is 1. The predicted octanol–water partition coefficient (Wildman–Crippen LogP) is 2.95. The molecule has 2 amide bonds. The van der Waals surface area contributed by atoms with Crippen molar-refractivity contribution in [1.82, 2.24) is 14.6 Å². The van der Waals surface area contributed by atoms with Crippen molar-refractivity contribution >= 4 is 38.3 Å². The maximum absolute atomic E-state index is 12.5. The smallest absolute Gasteiger partial charge is 0.257 e. The third kappa shape index (κ3) is 5.54. The Hall–Kier alpha value is -3.08. The second-order valence-electron chi connectivity index (χ2n) is 6.91. The fourth-order valence-electron chi connectivity index (χ4n) is 2.64. The second-order valence-corrected chi connectivity index (χ2v) is 9.92. The van der Waals surface area contributed by atoms with Gasteiger partial charge in [-0.2, -0.15) is 0 Å². The molecule has 3 aromatic rings. The van der Waals surface area contributed by atoms with Crippen LogP contribution in [0.5, 0.6) is 0 Å². The Morgan fingerprint density at radius 2 is 1.68 bits per heavy atom. The van der Waals surface area contributed by atoms with Crippen LogP contribution in [0.4, 0.5) is 5.13 Å². The van der Waals surface area contributed by atoms with Gasteiger partial charge in [0, 0.05) is 44.1 Å². The molecule has 31 heavy (non-hydrogen) atoms. The van der Waals surface area contributed by atoms with Crippen molar-refractivity contribution < 1.29 is 18.0 Å². The third-order valence-corrected chi connectivity index (χ3v) is 7.00. The highest BCUT2D eigenvalue weighted by Crippen LogP contribution is 2.25. The van der Waals surface area contributed by atoms with Crippen LogP contribution in [-0.4, -0.2) is 43.6 Å². The molecule has 2 aromatic carbocycles. The number of aromatic nitrogens is 1. The summed E-state index contributed by atoms with van der Waals surface area (Å²) in [7, 11) is -0.644. The molecule has 1 aromatic heterocycles. The first-order valence-corrected chi connectivity index (χ1v) is 11.6. The molecule has 0 saturated heterocycles. The third-order valence-electron chi connectivity index (χ3n) is 4.41. The van der Waals surface area contributed by atoms with Crippen LogP contribution in [0.2, 0.25) is 0 Å². The Bertz CT molecular complexity index is 1180. The van der Waals surface area contributed by atoms with Crippen LogP contribution in [0.1, 0.15) is 22.8 Å². The van der Waals surface area contributed by atoms with Crippen LogP contribution < -0.4 is 10.6 Å². The Morgan fingerprint density at radius 1 is 1.03 bits per heavy atom. The van der Waals surface area contributed by atoms with E-state index in [2.05, 4.69) is 15.6 Å². The normalized spacial score (nSPS) is 11.4. The van der Waals surface area contributed by atoms with Crippen molar-refractivity contribution in [2.24, 2.45) is 0 Å². The summed E-state index contributed by atoms with van der Waals surface area (Å²) in [4.78, 5) is 28.1. The van der Waals surface area contributed by atoms with Gasteiger partial charge in [0.05, 0.1) is 10.6 Å². The maximum atomic E-state index is 12.5. The van der Waals surface area contributed by atoms with E-state index in [4.69, 9.17) is 0 Å². The minimum absolute atomic E-state index is 0.0853. The van der Waals surface area contributed by atoms with Crippen LogP contribution in [0, 0.1) is 0 Å². The monoisotopic (exact) mass is 458 g/mol. The van der Waals surface area contributed by atoms with E-state index >= 15 is 0 Å². The number of rotatable bonds is 7. The van der Waals surface area contributed by atoms with E-state index in [0.717, 1.165) is 21.1 Å². The van der Waals surface area contributed by atoms with Crippen LogP contribution in [0.3, 0.4) is 0 Å². The molecule has 162 valence electrons. The zero-order valence-electron chi connectivity index (χ0n) is 17.2. The summed E-state index contributed by atoms with van der Waals surface area (Å²) in [6, 6.07) is 13.4. The Kier molecular flexibility index (Phi) is 6.84. The van der Waals surface area contributed by atoms with Crippen molar-refractivity contribution in [2.75, 3.05) is 19.4 Å². The topological polar surface area (TPSA) is 108 Å². The molecule has 0 spiro atoms. The number of carbonyl (C=O) groups is 2. The van der Waals surface area contributed by atoms with E-state index < -0.39 is 10.0 Å². The van der Waals surface area contributed by atoms with Gasteiger partial charge in [-0.15, -0.1) is 11.3 Å². The fourth-order valence-corrected chi connectivity index (χ4v) is 4.26. The summed E-state index contributed by atoms with van der Waals surface area (Å²) in [6.07, 6.45) is 0. The minimum atomic E-state index is -3.55. The summed E-state index contributed by atoms with van der Waals surface area (Å²) < 4.78 is 25.4. The number of sulfonamides is 1. The van der Waals surface area contributed by atoms with Gasteiger partial charge in [0.1, 0.15) is 0 Å². The molecule has 0 bridgehead atoms. The van der Waals surface area contributed by atoms with Crippen LogP contribution >= 0.6 is 11.3 Å².